The van der Waals surface area contributed by atoms with Gasteiger partial charge >= 0.3 is 0 Å². The molecule has 0 unspecified atom stereocenters. The Morgan fingerprint density at radius 2 is 2.00 bits per heavy atom. The van der Waals surface area contributed by atoms with Crippen molar-refractivity contribution in [2.24, 2.45) is 5.10 Å². The zero-order chi connectivity index (χ0) is 17.6. The molecular formula is C17H15N5O3. The first-order valence-electron chi connectivity index (χ1n) is 7.60. The second-order valence-corrected chi connectivity index (χ2v) is 5.32. The maximum absolute atomic E-state index is 11.9. The number of hydrazone groups is 1. The highest BCUT2D eigenvalue weighted by atomic mass is 16.6. The number of non-ortho nitro benzene ring substituents is 1. The molecule has 2 aromatic carbocycles. The summed E-state index contributed by atoms with van der Waals surface area (Å²) < 4.78 is 1.91. The van der Waals surface area contributed by atoms with E-state index in [0.29, 0.717) is 12.1 Å². The van der Waals surface area contributed by atoms with Crippen molar-refractivity contribution >= 4 is 28.8 Å². The number of imidazole rings is 1. The Bertz CT molecular complexity index is 931. The molecule has 3 aromatic rings. The summed E-state index contributed by atoms with van der Waals surface area (Å²) in [5.74, 6) is -0.226. The number of carbonyl (C=O) groups excluding carboxylic acids is 1. The van der Waals surface area contributed by atoms with Gasteiger partial charge in [-0.3, -0.25) is 14.9 Å². The fraction of sp³-hybridized carbons (Fsp3) is 0.118. The van der Waals surface area contributed by atoms with Crippen LogP contribution in [0, 0.1) is 10.1 Å². The first kappa shape index (κ1) is 16.3. The van der Waals surface area contributed by atoms with Crippen molar-refractivity contribution in [3.8, 4) is 0 Å². The number of para-hydroxylation sites is 2. The van der Waals surface area contributed by atoms with Crippen molar-refractivity contribution in [1.29, 1.82) is 0 Å². The van der Waals surface area contributed by atoms with E-state index in [1.807, 2.05) is 28.8 Å². The van der Waals surface area contributed by atoms with Crippen molar-refractivity contribution in [3.63, 3.8) is 0 Å². The van der Waals surface area contributed by atoms with Gasteiger partial charge in [-0.1, -0.05) is 12.1 Å². The van der Waals surface area contributed by atoms with Crippen molar-refractivity contribution in [1.82, 2.24) is 15.0 Å². The number of nitrogens with one attached hydrogen (secondary N) is 1. The van der Waals surface area contributed by atoms with Crippen LogP contribution in [0.2, 0.25) is 0 Å². The normalized spacial score (nSPS) is 11.0. The first-order valence-corrected chi connectivity index (χ1v) is 7.60. The number of aromatic nitrogens is 2. The van der Waals surface area contributed by atoms with Crippen LogP contribution in [0.4, 0.5) is 5.69 Å². The lowest BCUT2D eigenvalue weighted by Crippen LogP contribution is -2.19. The summed E-state index contributed by atoms with van der Waals surface area (Å²) >= 11 is 0. The van der Waals surface area contributed by atoms with Crippen molar-refractivity contribution in [2.75, 3.05) is 0 Å². The maximum Gasteiger partial charge on any atom is 0.269 e. The van der Waals surface area contributed by atoms with Crippen molar-refractivity contribution < 1.29 is 9.72 Å². The predicted molar refractivity (Wildman–Crippen MR) is 93.2 cm³/mol. The van der Waals surface area contributed by atoms with E-state index in [2.05, 4.69) is 15.5 Å². The number of nitro groups is 1. The molecule has 0 atom stereocenters. The van der Waals surface area contributed by atoms with Gasteiger partial charge in [0.2, 0.25) is 5.91 Å². The van der Waals surface area contributed by atoms with E-state index in [4.69, 9.17) is 0 Å². The molecule has 25 heavy (non-hydrogen) atoms. The van der Waals surface area contributed by atoms with Gasteiger partial charge in [0.05, 0.1) is 28.5 Å². The van der Waals surface area contributed by atoms with Gasteiger partial charge in [-0.2, -0.15) is 5.10 Å². The molecule has 0 aliphatic heterocycles. The van der Waals surface area contributed by atoms with E-state index >= 15 is 0 Å². The minimum absolute atomic E-state index is 0.00810. The van der Waals surface area contributed by atoms with Gasteiger partial charge in [0.25, 0.3) is 5.69 Å². The molecule has 3 rings (SSSR count). The second-order valence-electron chi connectivity index (χ2n) is 5.32. The maximum atomic E-state index is 11.9. The third-order valence-electron chi connectivity index (χ3n) is 3.61. The summed E-state index contributed by atoms with van der Waals surface area (Å²) in [6.45, 7) is 0.499. The number of nitrogens with zero attached hydrogens (tertiary/aromatic N) is 4. The third-order valence-corrected chi connectivity index (χ3v) is 3.61. The standard InChI is InChI=1S/C17H15N5O3/c23-17(9-10-21-12-18-15-3-1-2-4-16(15)21)20-19-11-13-5-7-14(8-6-13)22(24)25/h1-8,11-12H,9-10H2,(H,20,23). The van der Waals surface area contributed by atoms with E-state index in [0.717, 1.165) is 11.0 Å². The number of carbonyl (C=O) groups is 1. The van der Waals surface area contributed by atoms with Gasteiger partial charge in [-0.25, -0.2) is 10.4 Å². The molecule has 126 valence electrons. The van der Waals surface area contributed by atoms with Gasteiger partial charge in [-0.15, -0.1) is 0 Å². The van der Waals surface area contributed by atoms with Crippen molar-refractivity contribution in [2.45, 2.75) is 13.0 Å². The minimum atomic E-state index is -0.470. The zero-order valence-corrected chi connectivity index (χ0v) is 13.2. The van der Waals surface area contributed by atoms with Crippen LogP contribution in [-0.2, 0) is 11.3 Å². The summed E-state index contributed by atoms with van der Waals surface area (Å²) in [5, 5.41) is 14.4. The Morgan fingerprint density at radius 1 is 1.24 bits per heavy atom. The molecule has 0 spiro atoms. The Balaban J connectivity index is 1.51. The average molecular weight is 337 g/mol. The largest absolute Gasteiger partial charge is 0.330 e. The van der Waals surface area contributed by atoms with Gasteiger partial charge in [0.15, 0.2) is 0 Å². The van der Waals surface area contributed by atoms with Crippen LogP contribution in [-0.4, -0.2) is 26.6 Å². The molecule has 0 aliphatic rings. The smallest absolute Gasteiger partial charge is 0.269 e. The van der Waals surface area contributed by atoms with Gasteiger partial charge in [0.1, 0.15) is 0 Å². The van der Waals surface area contributed by atoms with Crippen LogP contribution in [0.25, 0.3) is 11.0 Å². The molecule has 0 saturated carbocycles. The third kappa shape index (κ3) is 4.05. The predicted octanol–water partition coefficient (Wildman–Crippen LogP) is 2.48. The number of amides is 1. The van der Waals surface area contributed by atoms with E-state index in [-0.39, 0.29) is 18.0 Å². The fourth-order valence-electron chi connectivity index (χ4n) is 2.33. The van der Waals surface area contributed by atoms with Crippen LogP contribution in [0.3, 0.4) is 0 Å². The fourth-order valence-corrected chi connectivity index (χ4v) is 2.33. The molecule has 8 nitrogen and oxygen atoms in total. The van der Waals surface area contributed by atoms with Crippen LogP contribution < -0.4 is 5.43 Å². The number of aryl methyl sites for hydroxylation is 1. The lowest BCUT2D eigenvalue weighted by Gasteiger charge is -2.03. The van der Waals surface area contributed by atoms with Crippen LogP contribution in [0.5, 0.6) is 0 Å². The SMILES string of the molecule is O=C(CCn1cnc2ccccc21)NN=Cc1ccc([N+](=O)[O-])cc1. The molecule has 0 bridgehead atoms. The average Bonchev–Trinajstić information content (AvgIpc) is 3.03. The summed E-state index contributed by atoms with van der Waals surface area (Å²) in [6, 6.07) is 13.6. The summed E-state index contributed by atoms with van der Waals surface area (Å²) in [4.78, 5) is 26.2. The van der Waals surface area contributed by atoms with E-state index in [1.54, 1.807) is 18.5 Å². The number of hydrogen-bond acceptors (Lipinski definition) is 5. The molecule has 0 fully saturated rings. The molecule has 1 amide bonds. The number of fused-ring (bicyclic) bond motifs is 1. The van der Waals surface area contributed by atoms with Crippen LogP contribution in [0.15, 0.2) is 60.0 Å². The molecular weight excluding hydrogens is 322 g/mol. The number of hydrogen-bond donors (Lipinski definition) is 1. The van der Waals surface area contributed by atoms with E-state index < -0.39 is 4.92 Å². The highest BCUT2D eigenvalue weighted by Gasteiger charge is 2.05. The monoisotopic (exact) mass is 337 g/mol. The molecule has 0 aliphatic carbocycles. The molecule has 1 N–H and O–H groups in total. The minimum Gasteiger partial charge on any atom is -0.330 e. The molecule has 8 heteroatoms. The lowest BCUT2D eigenvalue weighted by atomic mass is 10.2. The second kappa shape index (κ2) is 7.35. The highest BCUT2D eigenvalue weighted by molar-refractivity contribution is 5.82. The summed E-state index contributed by atoms with van der Waals surface area (Å²) in [5.41, 5.74) is 4.97. The number of rotatable bonds is 6. The topological polar surface area (TPSA) is 102 Å². The molecule has 0 radical (unpaired) electrons. The Kier molecular flexibility index (Phi) is 4.79. The van der Waals surface area contributed by atoms with Gasteiger partial charge < -0.3 is 4.57 Å². The molecule has 0 saturated heterocycles. The van der Waals surface area contributed by atoms with Crippen molar-refractivity contribution in [3.05, 3.63) is 70.5 Å². The summed E-state index contributed by atoms with van der Waals surface area (Å²) in [6.07, 6.45) is 3.41. The summed E-state index contributed by atoms with van der Waals surface area (Å²) in [7, 11) is 0. The molecule has 1 aromatic heterocycles. The van der Waals surface area contributed by atoms with Gasteiger partial charge in [0, 0.05) is 25.1 Å². The zero-order valence-electron chi connectivity index (χ0n) is 13.2. The number of nitro benzene ring substituents is 1. The first-order chi connectivity index (χ1) is 12.1. The Morgan fingerprint density at radius 3 is 2.76 bits per heavy atom. The Hall–Kier alpha value is -3.55. The van der Waals surface area contributed by atoms with Crippen LogP contribution in [0.1, 0.15) is 12.0 Å². The lowest BCUT2D eigenvalue weighted by molar-refractivity contribution is -0.384. The van der Waals surface area contributed by atoms with E-state index in [9.17, 15) is 14.9 Å². The highest BCUT2D eigenvalue weighted by Crippen LogP contribution is 2.12. The van der Waals surface area contributed by atoms with Gasteiger partial charge in [-0.05, 0) is 29.8 Å². The Labute approximate surface area is 142 Å². The molecule has 1 heterocycles. The van der Waals surface area contributed by atoms with Crippen LogP contribution >= 0.6 is 0 Å². The van der Waals surface area contributed by atoms with E-state index in [1.165, 1.54) is 18.3 Å². The number of benzene rings is 2. The quantitative estimate of drug-likeness (QED) is 0.424.